The van der Waals surface area contributed by atoms with Crippen LogP contribution in [0.4, 0.5) is 0 Å². The molecule has 1 aliphatic heterocycles. The lowest BCUT2D eigenvalue weighted by Gasteiger charge is -2.23. The summed E-state index contributed by atoms with van der Waals surface area (Å²) in [5.74, 6) is -1.54. The molecule has 2 atom stereocenters. The van der Waals surface area contributed by atoms with E-state index in [1.54, 1.807) is 0 Å². The highest BCUT2D eigenvalue weighted by Gasteiger charge is 2.36. The van der Waals surface area contributed by atoms with E-state index in [-0.39, 0.29) is 44.4 Å². The number of aliphatic hydroxyl groups is 1. The summed E-state index contributed by atoms with van der Waals surface area (Å²) in [6.45, 7) is 0.154. The van der Waals surface area contributed by atoms with Crippen molar-refractivity contribution in [1.29, 1.82) is 0 Å². The number of carboxylic acids is 1. The number of carbonyl (C=O) groups is 2. The molecule has 1 saturated heterocycles. The molecule has 0 aromatic heterocycles. The molecular formula is C9H14N4O4. The number of carboxylic acid groups (broad SMARTS) is 1. The van der Waals surface area contributed by atoms with Crippen molar-refractivity contribution in [3.8, 4) is 0 Å². The largest absolute Gasteiger partial charge is 0.480 e. The highest BCUT2D eigenvalue weighted by molar-refractivity contribution is 5.85. The third kappa shape index (κ3) is 3.33. The minimum atomic E-state index is -1.13. The van der Waals surface area contributed by atoms with E-state index in [9.17, 15) is 9.59 Å². The molecule has 1 heterocycles. The zero-order valence-electron chi connectivity index (χ0n) is 9.19. The number of azide groups is 1. The number of rotatable bonds is 6. The maximum Gasteiger partial charge on any atom is 0.326 e. The molecule has 0 spiro atoms. The molecule has 0 aliphatic carbocycles. The first-order valence-electron chi connectivity index (χ1n) is 5.24. The van der Waals surface area contributed by atoms with Crippen molar-refractivity contribution in [2.24, 2.45) is 11.0 Å². The highest BCUT2D eigenvalue weighted by atomic mass is 16.4. The molecule has 1 amide bonds. The number of hydrogen-bond acceptors (Lipinski definition) is 4. The van der Waals surface area contributed by atoms with Crippen LogP contribution in [0.3, 0.4) is 0 Å². The molecule has 0 aromatic carbocycles. The maximum atomic E-state index is 11.6. The molecule has 0 aromatic rings. The standard InChI is InChI=1S/C9H14N4O4/c10-12-11-4-6-3-8(15)13(5-6)7(1-2-14)9(16)17/h6-7,14H,1-5H2,(H,16,17)/t6?,7-/m0/s1. The summed E-state index contributed by atoms with van der Waals surface area (Å²) in [5, 5.41) is 21.1. The lowest BCUT2D eigenvalue weighted by atomic mass is 10.1. The summed E-state index contributed by atoms with van der Waals surface area (Å²) >= 11 is 0. The quantitative estimate of drug-likeness (QED) is 0.385. The topological polar surface area (TPSA) is 127 Å². The first-order valence-corrected chi connectivity index (χ1v) is 5.24. The fourth-order valence-electron chi connectivity index (χ4n) is 1.92. The van der Waals surface area contributed by atoms with Crippen LogP contribution in [0.5, 0.6) is 0 Å². The van der Waals surface area contributed by atoms with Crippen molar-refractivity contribution in [2.45, 2.75) is 18.9 Å². The predicted octanol–water partition coefficient (Wildman–Crippen LogP) is -0.0192. The van der Waals surface area contributed by atoms with Gasteiger partial charge in [0.2, 0.25) is 5.91 Å². The first-order chi connectivity index (χ1) is 8.10. The molecule has 2 N–H and O–H groups in total. The van der Waals surface area contributed by atoms with Crippen LogP contribution in [0.2, 0.25) is 0 Å². The fraction of sp³-hybridized carbons (Fsp3) is 0.778. The predicted molar refractivity (Wildman–Crippen MR) is 57.0 cm³/mol. The third-order valence-corrected chi connectivity index (χ3v) is 2.71. The van der Waals surface area contributed by atoms with Crippen LogP contribution >= 0.6 is 0 Å². The van der Waals surface area contributed by atoms with Gasteiger partial charge >= 0.3 is 5.97 Å². The van der Waals surface area contributed by atoms with Gasteiger partial charge in [0.15, 0.2) is 0 Å². The van der Waals surface area contributed by atoms with Gasteiger partial charge in [-0.05, 0) is 11.4 Å². The summed E-state index contributed by atoms with van der Waals surface area (Å²) in [7, 11) is 0. The van der Waals surface area contributed by atoms with Crippen LogP contribution in [0.25, 0.3) is 10.4 Å². The van der Waals surface area contributed by atoms with Crippen LogP contribution in [-0.2, 0) is 9.59 Å². The average Bonchev–Trinajstić information content (AvgIpc) is 2.64. The van der Waals surface area contributed by atoms with Gasteiger partial charge in [0.25, 0.3) is 0 Å². The molecule has 0 saturated carbocycles. The van der Waals surface area contributed by atoms with Crippen LogP contribution < -0.4 is 0 Å². The number of carbonyl (C=O) groups excluding carboxylic acids is 1. The molecule has 0 bridgehead atoms. The third-order valence-electron chi connectivity index (χ3n) is 2.71. The Morgan fingerprint density at radius 3 is 2.94 bits per heavy atom. The van der Waals surface area contributed by atoms with Gasteiger partial charge in [-0.15, -0.1) is 0 Å². The monoisotopic (exact) mass is 242 g/mol. The normalized spacial score (nSPS) is 21.1. The molecular weight excluding hydrogens is 228 g/mol. The summed E-state index contributed by atoms with van der Waals surface area (Å²) in [4.78, 5) is 26.4. The van der Waals surface area contributed by atoms with E-state index >= 15 is 0 Å². The van der Waals surface area contributed by atoms with Gasteiger partial charge in [0.05, 0.1) is 0 Å². The van der Waals surface area contributed by atoms with Gasteiger partial charge in [0, 0.05) is 37.4 Å². The van der Waals surface area contributed by atoms with Gasteiger partial charge < -0.3 is 15.1 Å². The number of hydrogen-bond donors (Lipinski definition) is 2. The van der Waals surface area contributed by atoms with Gasteiger partial charge in [-0.1, -0.05) is 5.11 Å². The Labute approximate surface area is 97.5 Å². The van der Waals surface area contributed by atoms with E-state index < -0.39 is 12.0 Å². The second kappa shape index (κ2) is 6.07. The van der Waals surface area contributed by atoms with Crippen molar-refractivity contribution in [3.63, 3.8) is 0 Å². The lowest BCUT2D eigenvalue weighted by molar-refractivity contribution is -0.149. The molecule has 0 radical (unpaired) electrons. The molecule has 1 rings (SSSR count). The van der Waals surface area contributed by atoms with Gasteiger partial charge in [0.1, 0.15) is 6.04 Å². The molecule has 94 valence electrons. The SMILES string of the molecule is [N-]=[N+]=NCC1CC(=O)N([C@@H](CCO)C(=O)O)C1. The summed E-state index contributed by atoms with van der Waals surface area (Å²) in [6, 6.07) is -0.997. The Bertz CT molecular complexity index is 353. The van der Waals surface area contributed by atoms with Crippen molar-refractivity contribution in [3.05, 3.63) is 10.4 Å². The lowest BCUT2D eigenvalue weighted by Crippen LogP contribution is -2.42. The number of aliphatic hydroxyl groups excluding tert-OH is 1. The van der Waals surface area contributed by atoms with Crippen LogP contribution in [-0.4, -0.2) is 52.7 Å². The second-order valence-corrected chi connectivity index (χ2v) is 3.90. The number of aliphatic carboxylic acids is 1. The van der Waals surface area contributed by atoms with Crippen molar-refractivity contribution < 1.29 is 19.8 Å². The zero-order chi connectivity index (χ0) is 12.8. The number of nitrogens with zero attached hydrogens (tertiary/aromatic N) is 4. The Kier molecular flexibility index (Phi) is 4.74. The van der Waals surface area contributed by atoms with Gasteiger partial charge in [-0.25, -0.2) is 4.79 Å². The maximum absolute atomic E-state index is 11.6. The molecule has 17 heavy (non-hydrogen) atoms. The number of amides is 1. The minimum absolute atomic E-state index is 0.00924. The van der Waals surface area contributed by atoms with Gasteiger partial charge in [-0.3, -0.25) is 4.79 Å². The summed E-state index contributed by atoms with van der Waals surface area (Å²) in [6.07, 6.45) is 0.198. The van der Waals surface area contributed by atoms with E-state index in [1.165, 1.54) is 4.90 Å². The summed E-state index contributed by atoms with van der Waals surface area (Å²) in [5.41, 5.74) is 8.17. The number of likely N-dealkylation sites (tertiary alicyclic amines) is 1. The van der Waals surface area contributed by atoms with Crippen molar-refractivity contribution in [2.75, 3.05) is 19.7 Å². The van der Waals surface area contributed by atoms with E-state index in [4.69, 9.17) is 15.7 Å². The van der Waals surface area contributed by atoms with E-state index in [1.807, 2.05) is 0 Å². The van der Waals surface area contributed by atoms with Crippen LogP contribution in [0.1, 0.15) is 12.8 Å². The molecule has 8 heteroatoms. The summed E-state index contributed by atoms with van der Waals surface area (Å²) < 4.78 is 0. The van der Waals surface area contributed by atoms with Gasteiger partial charge in [-0.2, -0.15) is 0 Å². The Balaban J connectivity index is 2.67. The Hall–Kier alpha value is -1.79. The van der Waals surface area contributed by atoms with Crippen LogP contribution in [0, 0.1) is 5.92 Å². The van der Waals surface area contributed by atoms with Crippen molar-refractivity contribution in [1.82, 2.24) is 4.90 Å². The zero-order valence-corrected chi connectivity index (χ0v) is 9.19. The van der Waals surface area contributed by atoms with E-state index in [2.05, 4.69) is 10.0 Å². The first kappa shape index (κ1) is 13.3. The highest BCUT2D eigenvalue weighted by Crippen LogP contribution is 2.22. The molecule has 1 aliphatic rings. The molecule has 1 unspecified atom stereocenters. The molecule has 1 fully saturated rings. The Morgan fingerprint density at radius 1 is 1.71 bits per heavy atom. The van der Waals surface area contributed by atoms with E-state index in [0.717, 1.165) is 0 Å². The fourth-order valence-corrected chi connectivity index (χ4v) is 1.92. The van der Waals surface area contributed by atoms with Crippen molar-refractivity contribution >= 4 is 11.9 Å². The average molecular weight is 242 g/mol. The minimum Gasteiger partial charge on any atom is -0.480 e. The van der Waals surface area contributed by atoms with E-state index in [0.29, 0.717) is 0 Å². The molecule has 8 nitrogen and oxygen atoms in total. The Morgan fingerprint density at radius 2 is 2.41 bits per heavy atom. The van der Waals surface area contributed by atoms with Crippen LogP contribution in [0.15, 0.2) is 5.11 Å². The second-order valence-electron chi connectivity index (χ2n) is 3.90. The smallest absolute Gasteiger partial charge is 0.326 e.